The normalized spacial score (nSPS) is 12.7. The number of carboxylic acid groups (broad SMARTS) is 2. The molecule has 37 heavy (non-hydrogen) atoms. The first-order valence-electron chi connectivity index (χ1n) is 12.9. The predicted molar refractivity (Wildman–Crippen MR) is 148 cm³/mol. The van der Waals surface area contributed by atoms with E-state index >= 15 is 0 Å². The number of thioether (sulfide) groups is 1. The van der Waals surface area contributed by atoms with Gasteiger partial charge in [-0.1, -0.05) is 80.3 Å². The van der Waals surface area contributed by atoms with Crippen LogP contribution < -0.4 is 0 Å². The number of methoxy groups -OCH3 is 1. The van der Waals surface area contributed by atoms with E-state index in [9.17, 15) is 19.8 Å². The van der Waals surface area contributed by atoms with E-state index in [1.165, 1.54) is 62.3 Å². The Kier molecular flexibility index (Phi) is 11.7. The highest BCUT2D eigenvalue weighted by atomic mass is 32.2. The largest absolute Gasteiger partial charge is 0.479 e. The number of carboxylic acids is 2. The summed E-state index contributed by atoms with van der Waals surface area (Å²) in [6.07, 6.45) is 8.04. The molecule has 0 aromatic heterocycles. The lowest BCUT2D eigenvalue weighted by molar-refractivity contribution is -0.148. The third-order valence-electron chi connectivity index (χ3n) is 6.50. The average molecular weight is 521 g/mol. The van der Waals surface area contributed by atoms with Gasteiger partial charge in [-0.25, -0.2) is 9.59 Å². The van der Waals surface area contributed by atoms with Crippen molar-refractivity contribution in [3.63, 3.8) is 0 Å². The first-order valence-corrected chi connectivity index (χ1v) is 13.7. The summed E-state index contributed by atoms with van der Waals surface area (Å²) in [6.45, 7) is 0. The zero-order chi connectivity index (χ0) is 26.5. The molecule has 0 saturated heterocycles. The molecule has 0 fully saturated rings. The number of aliphatic carboxylic acids is 1. The minimum absolute atomic E-state index is 0.197. The quantitative estimate of drug-likeness (QED) is 0.151. The molecule has 3 aromatic carbocycles. The van der Waals surface area contributed by atoms with E-state index < -0.39 is 23.3 Å². The first kappa shape index (κ1) is 28.5. The van der Waals surface area contributed by atoms with E-state index in [4.69, 9.17) is 4.74 Å². The van der Waals surface area contributed by atoms with E-state index in [-0.39, 0.29) is 5.56 Å². The lowest BCUT2D eigenvalue weighted by Gasteiger charge is -2.25. The van der Waals surface area contributed by atoms with E-state index in [0.717, 1.165) is 41.7 Å². The highest BCUT2D eigenvalue weighted by molar-refractivity contribution is 7.99. The van der Waals surface area contributed by atoms with Gasteiger partial charge in [-0.05, 0) is 66.6 Å². The molecular formula is C31H36O5S. The van der Waals surface area contributed by atoms with Gasteiger partial charge in [0.15, 0.2) is 6.10 Å². The van der Waals surface area contributed by atoms with Crippen LogP contribution in [-0.4, -0.2) is 35.4 Å². The van der Waals surface area contributed by atoms with Crippen molar-refractivity contribution < 1.29 is 24.5 Å². The number of aromatic carboxylic acids is 1. The van der Waals surface area contributed by atoms with Crippen LogP contribution >= 0.6 is 11.8 Å². The zero-order valence-electron chi connectivity index (χ0n) is 21.3. The Morgan fingerprint density at radius 2 is 1.35 bits per heavy atom. The number of hydrogen-bond donors (Lipinski definition) is 2. The number of rotatable bonds is 16. The van der Waals surface area contributed by atoms with Gasteiger partial charge in [0.2, 0.25) is 0 Å². The Bertz CT molecular complexity index is 1110. The van der Waals surface area contributed by atoms with Gasteiger partial charge in [-0.15, -0.1) is 11.8 Å². The fourth-order valence-corrected chi connectivity index (χ4v) is 5.80. The molecular weight excluding hydrogens is 484 g/mol. The Labute approximate surface area is 223 Å². The second-order valence-corrected chi connectivity index (χ2v) is 10.4. The first-order chi connectivity index (χ1) is 18.0. The molecule has 2 atom stereocenters. The van der Waals surface area contributed by atoms with Crippen molar-refractivity contribution >= 4 is 23.7 Å². The van der Waals surface area contributed by atoms with Crippen LogP contribution in [-0.2, 0) is 22.4 Å². The molecule has 196 valence electrons. The summed E-state index contributed by atoms with van der Waals surface area (Å²) < 4.78 is 5.42. The van der Waals surface area contributed by atoms with E-state index in [1.807, 2.05) is 18.2 Å². The molecule has 0 spiro atoms. The Morgan fingerprint density at radius 1 is 0.757 bits per heavy atom. The third-order valence-corrected chi connectivity index (χ3v) is 7.80. The van der Waals surface area contributed by atoms with Crippen molar-refractivity contribution in [2.75, 3.05) is 7.11 Å². The summed E-state index contributed by atoms with van der Waals surface area (Å²) in [6, 6.07) is 25.1. The van der Waals surface area contributed by atoms with Crippen molar-refractivity contribution in [2.45, 2.75) is 67.6 Å². The molecule has 0 heterocycles. The third kappa shape index (κ3) is 9.06. The topological polar surface area (TPSA) is 83.8 Å². The van der Waals surface area contributed by atoms with E-state index in [0.29, 0.717) is 0 Å². The molecule has 0 aliphatic carbocycles. The summed E-state index contributed by atoms with van der Waals surface area (Å²) in [7, 11) is 1.42. The molecule has 5 nitrogen and oxygen atoms in total. The minimum Gasteiger partial charge on any atom is -0.479 e. The maximum Gasteiger partial charge on any atom is 0.335 e. The number of unbranched alkanes of at least 4 members (excludes halogenated alkanes) is 5. The monoisotopic (exact) mass is 520 g/mol. The number of ether oxygens (including phenoxy) is 1. The summed E-state index contributed by atoms with van der Waals surface area (Å²) in [5.41, 5.74) is 3.68. The summed E-state index contributed by atoms with van der Waals surface area (Å²) in [5, 5.41) is 18.6. The number of benzene rings is 3. The molecule has 3 aromatic rings. The Morgan fingerprint density at radius 3 is 1.97 bits per heavy atom. The van der Waals surface area contributed by atoms with Crippen molar-refractivity contribution in [1.29, 1.82) is 0 Å². The molecule has 6 heteroatoms. The van der Waals surface area contributed by atoms with Gasteiger partial charge in [0.1, 0.15) is 0 Å². The van der Waals surface area contributed by atoms with Crippen molar-refractivity contribution in [2.24, 2.45) is 0 Å². The predicted octanol–water partition coefficient (Wildman–Crippen LogP) is 7.44. The van der Waals surface area contributed by atoms with Crippen LogP contribution in [0, 0.1) is 0 Å². The van der Waals surface area contributed by atoms with Gasteiger partial charge >= 0.3 is 11.9 Å². The molecule has 0 aliphatic rings. The maximum absolute atomic E-state index is 12.1. The fourth-order valence-electron chi connectivity index (χ4n) is 4.50. The lowest BCUT2D eigenvalue weighted by Crippen LogP contribution is -2.29. The van der Waals surface area contributed by atoms with Crippen LogP contribution in [0.5, 0.6) is 0 Å². The molecule has 0 radical (unpaired) electrons. The number of carbonyl (C=O) groups is 2. The van der Waals surface area contributed by atoms with Gasteiger partial charge in [0.05, 0.1) is 10.8 Å². The average Bonchev–Trinajstić information content (AvgIpc) is 2.91. The standard InChI is InChI=1S/C31H36O5S/c1-36-28(31(34)35)29(37-26-21-19-25(20-22-26)30(32)33)27-18-12-11-17-24(27)16-10-5-3-2-4-7-13-23-14-8-6-9-15-23/h6,8-9,11-12,14-15,17-22,28-29H,2-5,7,10,13,16H2,1H3,(H,32,33)(H,34,35). The van der Waals surface area contributed by atoms with Gasteiger partial charge < -0.3 is 14.9 Å². The molecule has 0 saturated carbocycles. The van der Waals surface area contributed by atoms with Crippen LogP contribution in [0.2, 0.25) is 0 Å². The summed E-state index contributed by atoms with van der Waals surface area (Å²) >= 11 is 1.39. The second-order valence-electron chi connectivity index (χ2n) is 9.17. The maximum atomic E-state index is 12.1. The van der Waals surface area contributed by atoms with Crippen LogP contribution in [0.25, 0.3) is 0 Å². The molecule has 2 unspecified atom stereocenters. The van der Waals surface area contributed by atoms with Crippen molar-refractivity contribution in [3.8, 4) is 0 Å². The molecule has 0 bridgehead atoms. The molecule has 0 aliphatic heterocycles. The van der Waals surface area contributed by atoms with Crippen LogP contribution in [0.4, 0.5) is 0 Å². The van der Waals surface area contributed by atoms with Crippen molar-refractivity contribution in [3.05, 3.63) is 101 Å². The number of aryl methyl sites for hydroxylation is 2. The highest BCUT2D eigenvalue weighted by Crippen LogP contribution is 2.41. The van der Waals surface area contributed by atoms with Gasteiger partial charge in [-0.2, -0.15) is 0 Å². The smallest absolute Gasteiger partial charge is 0.335 e. The molecule has 0 amide bonds. The Balaban J connectivity index is 1.58. The molecule has 2 N–H and O–H groups in total. The second kappa shape index (κ2) is 15.2. The lowest BCUT2D eigenvalue weighted by atomic mass is 9.96. The summed E-state index contributed by atoms with van der Waals surface area (Å²) in [5.74, 6) is -2.01. The highest BCUT2D eigenvalue weighted by Gasteiger charge is 2.32. The van der Waals surface area contributed by atoms with Gasteiger partial charge in [-0.3, -0.25) is 0 Å². The van der Waals surface area contributed by atoms with E-state index in [1.54, 1.807) is 12.1 Å². The Hall–Kier alpha value is -3.09. The van der Waals surface area contributed by atoms with Gasteiger partial charge in [0, 0.05) is 12.0 Å². The van der Waals surface area contributed by atoms with Crippen LogP contribution in [0.1, 0.15) is 70.8 Å². The van der Waals surface area contributed by atoms with E-state index in [2.05, 4.69) is 36.4 Å². The van der Waals surface area contributed by atoms with Crippen molar-refractivity contribution in [1.82, 2.24) is 0 Å². The van der Waals surface area contributed by atoms with Crippen LogP contribution in [0.15, 0.2) is 83.8 Å². The van der Waals surface area contributed by atoms with Crippen LogP contribution in [0.3, 0.4) is 0 Å². The summed E-state index contributed by atoms with van der Waals surface area (Å²) in [4.78, 5) is 24.0. The fraction of sp³-hybridized carbons (Fsp3) is 0.355. The van der Waals surface area contributed by atoms with Gasteiger partial charge in [0.25, 0.3) is 0 Å². The SMILES string of the molecule is COC(C(=O)O)C(Sc1ccc(C(=O)O)cc1)c1ccccc1CCCCCCCCc1ccccc1. The zero-order valence-corrected chi connectivity index (χ0v) is 22.2. The number of hydrogen-bond acceptors (Lipinski definition) is 4. The molecule has 3 rings (SSSR count). The minimum atomic E-state index is -1.03.